The molecular formula is C31H32N2O4S. The van der Waals surface area contributed by atoms with Gasteiger partial charge < -0.3 is 14.7 Å². The summed E-state index contributed by atoms with van der Waals surface area (Å²) >= 11 is 0. The smallest absolute Gasteiger partial charge is 0.243 e. The van der Waals surface area contributed by atoms with Gasteiger partial charge in [-0.2, -0.15) is 4.31 Å². The van der Waals surface area contributed by atoms with E-state index in [2.05, 4.69) is 4.90 Å². The molecular weight excluding hydrogens is 496 g/mol. The Morgan fingerprint density at radius 3 is 1.97 bits per heavy atom. The van der Waals surface area contributed by atoms with Crippen molar-refractivity contribution in [2.75, 3.05) is 24.5 Å². The zero-order valence-corrected chi connectivity index (χ0v) is 22.2. The Morgan fingerprint density at radius 1 is 0.789 bits per heavy atom. The molecule has 7 heteroatoms. The lowest BCUT2D eigenvalue weighted by molar-refractivity contribution is 0.0806. The SMILES string of the molecule is C[C@]1(CC(O)c2ccccc2)CN(c2ccc(Oc3ccccc3)cc2)CCN1S(=O)(=O)c1ccccc1. The van der Waals surface area contributed by atoms with Crippen molar-refractivity contribution in [2.45, 2.75) is 29.9 Å². The normalized spacial score (nSPS) is 19.2. The fraction of sp³-hybridized carbons (Fsp3) is 0.226. The number of rotatable bonds is 8. The molecule has 0 aromatic heterocycles. The molecule has 1 aliphatic rings. The Kier molecular flexibility index (Phi) is 7.51. The molecule has 6 nitrogen and oxygen atoms in total. The summed E-state index contributed by atoms with van der Waals surface area (Å²) in [5, 5.41) is 11.2. The van der Waals surface area contributed by atoms with Crippen LogP contribution in [-0.4, -0.2) is 43.0 Å². The van der Waals surface area contributed by atoms with E-state index in [0.29, 0.717) is 19.6 Å². The van der Waals surface area contributed by atoms with Gasteiger partial charge in [0.15, 0.2) is 0 Å². The number of sulfonamides is 1. The lowest BCUT2D eigenvalue weighted by Gasteiger charge is -2.49. The van der Waals surface area contributed by atoms with Gasteiger partial charge in [0.2, 0.25) is 10.0 Å². The monoisotopic (exact) mass is 528 g/mol. The van der Waals surface area contributed by atoms with Crippen molar-refractivity contribution >= 4 is 15.7 Å². The molecule has 4 aromatic rings. The molecule has 196 valence electrons. The van der Waals surface area contributed by atoms with Gasteiger partial charge in [0.05, 0.1) is 16.5 Å². The summed E-state index contributed by atoms with van der Waals surface area (Å²) < 4.78 is 35.1. The van der Waals surface area contributed by atoms with E-state index in [1.165, 1.54) is 0 Å². The highest BCUT2D eigenvalue weighted by Crippen LogP contribution is 2.37. The predicted molar refractivity (Wildman–Crippen MR) is 150 cm³/mol. The maximum absolute atomic E-state index is 13.8. The zero-order valence-electron chi connectivity index (χ0n) is 21.4. The number of nitrogens with zero attached hydrogens (tertiary/aromatic N) is 2. The molecule has 0 saturated carbocycles. The fourth-order valence-corrected chi connectivity index (χ4v) is 6.92. The van der Waals surface area contributed by atoms with Gasteiger partial charge in [-0.15, -0.1) is 0 Å². The number of hydrogen-bond donors (Lipinski definition) is 1. The minimum Gasteiger partial charge on any atom is -0.457 e. The van der Waals surface area contributed by atoms with E-state index in [-0.39, 0.29) is 11.3 Å². The van der Waals surface area contributed by atoms with Crippen LogP contribution in [0.1, 0.15) is 25.0 Å². The number of anilines is 1. The molecule has 1 unspecified atom stereocenters. The summed E-state index contributed by atoms with van der Waals surface area (Å²) in [6.45, 7) is 3.19. The Hall–Kier alpha value is -3.65. The largest absolute Gasteiger partial charge is 0.457 e. The first-order valence-electron chi connectivity index (χ1n) is 12.7. The molecule has 1 N–H and O–H groups in total. The second-order valence-electron chi connectivity index (χ2n) is 9.85. The molecule has 5 rings (SSSR count). The van der Waals surface area contributed by atoms with Crippen molar-refractivity contribution < 1.29 is 18.3 Å². The third-order valence-corrected chi connectivity index (χ3v) is 9.11. The van der Waals surface area contributed by atoms with Gasteiger partial charge in [0.1, 0.15) is 11.5 Å². The topological polar surface area (TPSA) is 70.1 Å². The summed E-state index contributed by atoms with van der Waals surface area (Å²) in [6, 6.07) is 35.4. The first kappa shape index (κ1) is 26.0. The predicted octanol–water partition coefficient (Wildman–Crippen LogP) is 5.87. The minimum absolute atomic E-state index is 0.259. The van der Waals surface area contributed by atoms with Crippen LogP contribution in [0.3, 0.4) is 0 Å². The van der Waals surface area contributed by atoms with E-state index in [0.717, 1.165) is 22.7 Å². The van der Waals surface area contributed by atoms with Crippen LogP contribution in [-0.2, 0) is 10.0 Å². The first-order valence-corrected chi connectivity index (χ1v) is 14.2. The van der Waals surface area contributed by atoms with Gasteiger partial charge in [-0.25, -0.2) is 8.42 Å². The number of hydrogen-bond acceptors (Lipinski definition) is 5. The molecule has 0 radical (unpaired) electrons. The van der Waals surface area contributed by atoms with Crippen LogP contribution >= 0.6 is 0 Å². The van der Waals surface area contributed by atoms with Crippen molar-refractivity contribution in [1.29, 1.82) is 0 Å². The van der Waals surface area contributed by atoms with E-state index in [4.69, 9.17) is 4.74 Å². The van der Waals surface area contributed by atoms with Crippen LogP contribution in [0, 0.1) is 0 Å². The highest BCUT2D eigenvalue weighted by molar-refractivity contribution is 7.89. The third kappa shape index (κ3) is 5.60. The maximum Gasteiger partial charge on any atom is 0.243 e. The van der Waals surface area contributed by atoms with Gasteiger partial charge in [0, 0.05) is 25.3 Å². The van der Waals surface area contributed by atoms with E-state index in [1.807, 2.05) is 91.9 Å². The molecule has 1 heterocycles. The van der Waals surface area contributed by atoms with Crippen molar-refractivity contribution in [3.8, 4) is 11.5 Å². The molecule has 0 spiro atoms. The molecule has 0 bridgehead atoms. The van der Waals surface area contributed by atoms with Crippen LogP contribution in [0.5, 0.6) is 11.5 Å². The van der Waals surface area contributed by atoms with Crippen molar-refractivity contribution in [3.63, 3.8) is 0 Å². The summed E-state index contributed by atoms with van der Waals surface area (Å²) in [4.78, 5) is 2.44. The van der Waals surface area contributed by atoms with Gasteiger partial charge >= 0.3 is 0 Å². The van der Waals surface area contributed by atoms with E-state index in [9.17, 15) is 13.5 Å². The number of aliphatic hydroxyl groups excluding tert-OH is 1. The minimum atomic E-state index is -3.77. The molecule has 1 fully saturated rings. The number of aliphatic hydroxyl groups is 1. The maximum atomic E-state index is 13.8. The summed E-state index contributed by atoms with van der Waals surface area (Å²) in [5.74, 6) is 1.50. The molecule has 0 aliphatic carbocycles. The Balaban J connectivity index is 1.42. The van der Waals surface area contributed by atoms with Crippen LogP contribution in [0.4, 0.5) is 5.69 Å². The highest BCUT2D eigenvalue weighted by atomic mass is 32.2. The quantitative estimate of drug-likeness (QED) is 0.310. The Labute approximate surface area is 224 Å². The van der Waals surface area contributed by atoms with Crippen LogP contribution in [0.25, 0.3) is 0 Å². The molecule has 1 saturated heterocycles. The Morgan fingerprint density at radius 2 is 1.34 bits per heavy atom. The summed E-state index contributed by atoms with van der Waals surface area (Å²) in [7, 11) is -3.77. The van der Waals surface area contributed by atoms with Gasteiger partial charge in [-0.3, -0.25) is 0 Å². The van der Waals surface area contributed by atoms with Crippen molar-refractivity contribution in [3.05, 3.63) is 121 Å². The van der Waals surface area contributed by atoms with E-state index >= 15 is 0 Å². The summed E-state index contributed by atoms with van der Waals surface area (Å²) in [6.07, 6.45) is -0.550. The van der Waals surface area contributed by atoms with Crippen LogP contribution < -0.4 is 9.64 Å². The first-order chi connectivity index (χ1) is 18.3. The van der Waals surface area contributed by atoms with Gasteiger partial charge in [-0.1, -0.05) is 66.7 Å². The lowest BCUT2D eigenvalue weighted by atomic mass is 9.88. The average Bonchev–Trinajstić information content (AvgIpc) is 2.94. The number of ether oxygens (including phenoxy) is 1. The number of benzene rings is 4. The van der Waals surface area contributed by atoms with E-state index in [1.54, 1.807) is 34.6 Å². The second-order valence-corrected chi connectivity index (χ2v) is 11.7. The molecule has 0 amide bonds. The lowest BCUT2D eigenvalue weighted by Crippen LogP contribution is -2.63. The fourth-order valence-electron chi connectivity index (χ4n) is 5.13. The van der Waals surface area contributed by atoms with Crippen LogP contribution in [0.15, 0.2) is 120 Å². The third-order valence-electron chi connectivity index (χ3n) is 7.04. The molecule has 2 atom stereocenters. The van der Waals surface area contributed by atoms with Crippen molar-refractivity contribution in [2.24, 2.45) is 0 Å². The van der Waals surface area contributed by atoms with Crippen LogP contribution in [0.2, 0.25) is 0 Å². The standard InChI is InChI=1S/C31H32N2O4S/c1-31(23-30(34)25-11-5-2-6-12-25)24-32(21-22-33(31)38(35,36)29-15-9-4-10-16-29)26-17-19-28(20-18-26)37-27-13-7-3-8-14-27/h2-20,30,34H,21-24H2,1H3/t30?,31-/m0/s1. The Bertz CT molecular complexity index is 1430. The average molecular weight is 529 g/mol. The summed E-state index contributed by atoms with van der Waals surface area (Å²) in [5.41, 5.74) is 0.884. The highest BCUT2D eigenvalue weighted by Gasteiger charge is 2.46. The molecule has 1 aliphatic heterocycles. The number of para-hydroxylation sites is 1. The molecule has 38 heavy (non-hydrogen) atoms. The van der Waals surface area contributed by atoms with E-state index < -0.39 is 21.7 Å². The second kappa shape index (κ2) is 11.0. The van der Waals surface area contributed by atoms with Gasteiger partial charge in [0.25, 0.3) is 0 Å². The van der Waals surface area contributed by atoms with Crippen molar-refractivity contribution in [1.82, 2.24) is 4.31 Å². The zero-order chi connectivity index (χ0) is 26.6. The number of piperazine rings is 1. The molecule has 4 aromatic carbocycles. The van der Waals surface area contributed by atoms with Gasteiger partial charge in [-0.05, 0) is 67.4 Å².